The second-order valence-electron chi connectivity index (χ2n) is 5.85. The van der Waals surface area contributed by atoms with Gasteiger partial charge in [0.05, 0.1) is 5.56 Å². The molecule has 0 aromatic heterocycles. The Labute approximate surface area is 125 Å². The Bertz CT molecular complexity index is 531. The zero-order valence-corrected chi connectivity index (χ0v) is 12.3. The molecular weight excluding hydrogens is 264 g/mol. The van der Waals surface area contributed by atoms with Crippen LogP contribution in [0.2, 0.25) is 0 Å². The van der Waals surface area contributed by atoms with Gasteiger partial charge in [0, 0.05) is 31.9 Å². The van der Waals surface area contributed by atoms with E-state index in [1.54, 1.807) is 6.07 Å². The van der Waals surface area contributed by atoms with Crippen molar-refractivity contribution in [3.8, 4) is 0 Å². The molecule has 111 valence electrons. The summed E-state index contributed by atoms with van der Waals surface area (Å²) in [6, 6.07) is 5.56. The van der Waals surface area contributed by atoms with E-state index in [4.69, 9.17) is 5.53 Å². The summed E-state index contributed by atoms with van der Waals surface area (Å²) in [5, 5.41) is 3.29. The molecule has 2 fully saturated rings. The van der Waals surface area contributed by atoms with Crippen molar-refractivity contribution in [2.24, 2.45) is 5.11 Å². The van der Waals surface area contributed by atoms with Gasteiger partial charge in [0.25, 0.3) is 5.91 Å². The third kappa shape index (κ3) is 2.91. The summed E-state index contributed by atoms with van der Waals surface area (Å²) in [4.78, 5) is 16.8. The third-order valence-electron chi connectivity index (χ3n) is 4.43. The molecule has 0 spiro atoms. The second-order valence-corrected chi connectivity index (χ2v) is 5.85. The molecule has 5 heteroatoms. The first kappa shape index (κ1) is 14.0. The Morgan fingerprint density at radius 3 is 2.33 bits per heavy atom. The summed E-state index contributed by atoms with van der Waals surface area (Å²) in [7, 11) is 0. The highest BCUT2D eigenvalue weighted by molar-refractivity contribution is 6.00. The number of benzene rings is 1. The number of carbonyl (C=O) groups excluding carboxylic acids is 1. The van der Waals surface area contributed by atoms with Crippen LogP contribution in [0.3, 0.4) is 0 Å². The molecule has 2 heterocycles. The lowest BCUT2D eigenvalue weighted by Gasteiger charge is -2.27. The van der Waals surface area contributed by atoms with Gasteiger partial charge < -0.3 is 9.80 Å². The second kappa shape index (κ2) is 6.24. The Hall–Kier alpha value is -1.91. The molecule has 0 aliphatic carbocycles. The quantitative estimate of drug-likeness (QED) is 0.802. The van der Waals surface area contributed by atoms with Crippen molar-refractivity contribution in [3.63, 3.8) is 0 Å². The van der Waals surface area contributed by atoms with Gasteiger partial charge in [0.15, 0.2) is 0 Å². The maximum Gasteiger partial charge on any atom is 0.256 e. The van der Waals surface area contributed by atoms with Gasteiger partial charge in [-0.15, -0.1) is 5.11 Å². The van der Waals surface area contributed by atoms with E-state index in [0.717, 1.165) is 44.7 Å². The molecule has 21 heavy (non-hydrogen) atoms. The summed E-state index contributed by atoms with van der Waals surface area (Å²) >= 11 is 0. The molecule has 5 nitrogen and oxygen atoms in total. The van der Waals surface area contributed by atoms with Gasteiger partial charge in [-0.3, -0.25) is 4.79 Å². The number of amides is 1. The van der Waals surface area contributed by atoms with E-state index in [2.05, 4.69) is 10.0 Å². The van der Waals surface area contributed by atoms with E-state index in [1.807, 2.05) is 17.0 Å². The first-order valence-electron chi connectivity index (χ1n) is 7.83. The molecule has 1 aromatic rings. The molecule has 1 amide bonds. The zero-order valence-electron chi connectivity index (χ0n) is 12.3. The molecular formula is C16H21N4O. The van der Waals surface area contributed by atoms with Crippen molar-refractivity contribution in [2.45, 2.75) is 32.1 Å². The number of nitrogens with zero attached hydrogens (tertiary/aromatic N) is 4. The molecule has 1 radical (unpaired) electrons. The molecule has 2 saturated heterocycles. The molecule has 0 unspecified atom stereocenters. The molecule has 0 bridgehead atoms. The minimum absolute atomic E-state index is 0.0106. The van der Waals surface area contributed by atoms with E-state index < -0.39 is 0 Å². The number of carbonyl (C=O) groups is 1. The number of hydrogen-bond acceptors (Lipinski definition) is 3. The Balaban J connectivity index is 1.88. The van der Waals surface area contributed by atoms with Crippen molar-refractivity contribution >= 4 is 17.3 Å². The molecule has 0 atom stereocenters. The first-order chi connectivity index (χ1) is 10.3. The monoisotopic (exact) mass is 285 g/mol. The molecule has 2 aliphatic heterocycles. The average molecular weight is 285 g/mol. The largest absolute Gasteiger partial charge is 0.372 e. The number of likely N-dealkylation sites (tertiary alicyclic amines) is 1. The zero-order chi connectivity index (χ0) is 14.7. The molecule has 0 saturated carbocycles. The van der Waals surface area contributed by atoms with Gasteiger partial charge >= 0.3 is 0 Å². The fourth-order valence-electron chi connectivity index (χ4n) is 3.22. The fourth-order valence-corrected chi connectivity index (χ4v) is 3.22. The van der Waals surface area contributed by atoms with Crippen molar-refractivity contribution < 1.29 is 4.79 Å². The van der Waals surface area contributed by atoms with Crippen LogP contribution in [0, 0.1) is 0 Å². The Morgan fingerprint density at radius 2 is 1.67 bits per heavy atom. The molecule has 1 aromatic carbocycles. The minimum atomic E-state index is -0.0106. The van der Waals surface area contributed by atoms with Gasteiger partial charge in [0.1, 0.15) is 5.69 Å². The van der Waals surface area contributed by atoms with E-state index in [9.17, 15) is 4.79 Å². The highest BCUT2D eigenvalue weighted by Crippen LogP contribution is 2.29. The summed E-state index contributed by atoms with van der Waals surface area (Å²) in [5.41, 5.74) is 11.1. The molecule has 3 rings (SSSR count). The van der Waals surface area contributed by atoms with Crippen molar-refractivity contribution in [3.05, 3.63) is 23.8 Å². The van der Waals surface area contributed by atoms with Crippen LogP contribution in [0.5, 0.6) is 0 Å². The fraction of sp³-hybridized carbons (Fsp3) is 0.562. The summed E-state index contributed by atoms with van der Waals surface area (Å²) < 4.78 is 0. The van der Waals surface area contributed by atoms with Gasteiger partial charge in [-0.25, -0.2) is 0 Å². The summed E-state index contributed by atoms with van der Waals surface area (Å²) in [6.45, 7) is 3.68. The molecule has 2 aliphatic rings. The van der Waals surface area contributed by atoms with Crippen molar-refractivity contribution in [1.29, 1.82) is 0 Å². The van der Waals surface area contributed by atoms with Crippen LogP contribution in [0.1, 0.15) is 42.5 Å². The van der Waals surface area contributed by atoms with Crippen molar-refractivity contribution in [2.75, 3.05) is 31.1 Å². The van der Waals surface area contributed by atoms with E-state index in [1.165, 1.54) is 19.3 Å². The topological polar surface area (TPSA) is 58.2 Å². The van der Waals surface area contributed by atoms with Crippen LogP contribution in [0.15, 0.2) is 23.3 Å². The van der Waals surface area contributed by atoms with Crippen molar-refractivity contribution in [1.82, 2.24) is 10.4 Å². The standard InChI is InChI=1S/C16H21N4O/c17-18-15-7-6-13(19-8-4-5-9-19)12-14(15)16(21)20-10-2-1-3-11-20/h6-7,12H,1-5,8-11H2. The van der Waals surface area contributed by atoms with Gasteiger partial charge in [0.2, 0.25) is 0 Å². The van der Waals surface area contributed by atoms with Gasteiger partial charge in [-0.05, 0) is 55.8 Å². The van der Waals surface area contributed by atoms with E-state index >= 15 is 0 Å². The summed E-state index contributed by atoms with van der Waals surface area (Å²) in [5.74, 6) is -0.0106. The van der Waals surface area contributed by atoms with Crippen LogP contribution < -0.4 is 10.4 Å². The highest BCUT2D eigenvalue weighted by Gasteiger charge is 2.22. The average Bonchev–Trinajstić information content (AvgIpc) is 3.09. The van der Waals surface area contributed by atoms with E-state index in [-0.39, 0.29) is 5.91 Å². The summed E-state index contributed by atoms with van der Waals surface area (Å²) in [6.07, 6.45) is 5.70. The maximum absolute atomic E-state index is 12.7. The highest BCUT2D eigenvalue weighted by atomic mass is 16.2. The Morgan fingerprint density at radius 1 is 1.00 bits per heavy atom. The predicted octanol–water partition coefficient (Wildman–Crippen LogP) is 2.80. The predicted molar refractivity (Wildman–Crippen MR) is 81.9 cm³/mol. The van der Waals surface area contributed by atoms with Crippen LogP contribution in [-0.2, 0) is 0 Å². The number of hydrogen-bond donors (Lipinski definition) is 0. The van der Waals surface area contributed by atoms with Crippen LogP contribution in [0.4, 0.5) is 11.4 Å². The number of anilines is 1. The minimum Gasteiger partial charge on any atom is -0.372 e. The SMILES string of the molecule is [N]=Nc1ccc(N2CCCC2)cc1C(=O)N1CCCCC1. The van der Waals surface area contributed by atoms with E-state index in [0.29, 0.717) is 11.3 Å². The number of rotatable bonds is 3. The van der Waals surface area contributed by atoms with Gasteiger partial charge in [-0.2, -0.15) is 0 Å². The maximum atomic E-state index is 12.7. The number of piperidine rings is 1. The Kier molecular flexibility index (Phi) is 4.18. The smallest absolute Gasteiger partial charge is 0.256 e. The lowest BCUT2D eigenvalue weighted by atomic mass is 10.1. The normalized spacial score (nSPS) is 18.9. The lowest BCUT2D eigenvalue weighted by molar-refractivity contribution is 0.0725. The van der Waals surface area contributed by atoms with Crippen LogP contribution in [0.25, 0.3) is 0 Å². The van der Waals surface area contributed by atoms with Crippen LogP contribution >= 0.6 is 0 Å². The van der Waals surface area contributed by atoms with Crippen LogP contribution in [-0.4, -0.2) is 37.0 Å². The third-order valence-corrected chi connectivity index (χ3v) is 4.43. The molecule has 0 N–H and O–H groups in total. The first-order valence-corrected chi connectivity index (χ1v) is 7.83. The lowest BCUT2D eigenvalue weighted by Crippen LogP contribution is -2.35. The van der Waals surface area contributed by atoms with Gasteiger partial charge in [-0.1, -0.05) is 0 Å².